The fraction of sp³-hybridized carbons (Fsp3) is 0.167. The van der Waals surface area contributed by atoms with Gasteiger partial charge in [-0.2, -0.15) is 0 Å². The molecule has 0 fully saturated rings. The number of carbonyl (C=O) groups is 4. The summed E-state index contributed by atoms with van der Waals surface area (Å²) in [4.78, 5) is 44.5. The van der Waals surface area contributed by atoms with Crippen molar-refractivity contribution in [2.45, 2.75) is 18.7 Å². The number of rotatable bonds is 2. The van der Waals surface area contributed by atoms with Crippen molar-refractivity contribution in [3.8, 4) is 0 Å². The van der Waals surface area contributed by atoms with Gasteiger partial charge in [0, 0.05) is 18.7 Å². The van der Waals surface area contributed by atoms with E-state index in [9.17, 15) is 19.2 Å². The molecule has 0 aliphatic rings. The number of esters is 4. The second-order valence-corrected chi connectivity index (χ2v) is 3.91. The molecule has 1 aromatic rings. The number of thiol groups is 1. The third kappa shape index (κ3) is 3.92. The van der Waals surface area contributed by atoms with E-state index in [1.165, 1.54) is 18.2 Å². The Morgan fingerprint density at radius 3 is 1.58 bits per heavy atom. The zero-order valence-electron chi connectivity index (χ0n) is 10.1. The fourth-order valence-electron chi connectivity index (χ4n) is 1.24. The van der Waals surface area contributed by atoms with Crippen LogP contribution in [0.4, 0.5) is 0 Å². The van der Waals surface area contributed by atoms with E-state index >= 15 is 0 Å². The fourth-order valence-corrected chi connectivity index (χ4v) is 1.58. The molecular weight excluding hydrogens is 272 g/mol. The van der Waals surface area contributed by atoms with Crippen LogP contribution in [0.3, 0.4) is 0 Å². The van der Waals surface area contributed by atoms with E-state index in [-0.39, 0.29) is 16.0 Å². The Morgan fingerprint density at radius 2 is 1.26 bits per heavy atom. The molecule has 0 aliphatic heterocycles. The van der Waals surface area contributed by atoms with Crippen LogP contribution in [0.2, 0.25) is 0 Å². The highest BCUT2D eigenvalue weighted by Gasteiger charge is 2.20. The van der Waals surface area contributed by atoms with Gasteiger partial charge in [0.25, 0.3) is 0 Å². The summed E-state index contributed by atoms with van der Waals surface area (Å²) in [7, 11) is 0. The molecule has 0 saturated carbocycles. The van der Waals surface area contributed by atoms with Crippen LogP contribution < -0.4 is 0 Å². The average Bonchev–Trinajstić information content (AvgIpc) is 2.26. The van der Waals surface area contributed by atoms with Gasteiger partial charge in [-0.05, 0) is 12.1 Å². The van der Waals surface area contributed by atoms with Crippen LogP contribution >= 0.6 is 12.6 Å². The third-order valence-electron chi connectivity index (χ3n) is 1.95. The predicted molar refractivity (Wildman–Crippen MR) is 65.9 cm³/mol. The minimum absolute atomic E-state index is 0.0278. The molecule has 6 nitrogen and oxygen atoms in total. The molecule has 0 bridgehead atoms. The summed E-state index contributed by atoms with van der Waals surface area (Å²) < 4.78 is 8.77. The Bertz CT molecular complexity index is 517. The molecule has 1 aromatic carbocycles. The second kappa shape index (κ2) is 6.14. The number of benzene rings is 1. The lowest BCUT2D eigenvalue weighted by atomic mass is 10.1. The molecule has 0 unspecified atom stereocenters. The molecule has 7 heteroatoms. The lowest BCUT2D eigenvalue weighted by Crippen LogP contribution is -2.14. The van der Waals surface area contributed by atoms with E-state index in [1.807, 2.05) is 0 Å². The van der Waals surface area contributed by atoms with E-state index in [0.29, 0.717) is 0 Å². The SMILES string of the molecule is CC(=O)OC(=O)c1cccc(C(=O)OC(C)=O)c1S. The molecule has 1 rings (SSSR count). The van der Waals surface area contributed by atoms with Gasteiger partial charge in [0.05, 0.1) is 11.1 Å². The maximum atomic E-state index is 11.6. The first-order valence-electron chi connectivity index (χ1n) is 5.10. The lowest BCUT2D eigenvalue weighted by molar-refractivity contribution is -0.136. The van der Waals surface area contributed by atoms with Gasteiger partial charge in [-0.1, -0.05) is 6.07 Å². The standard InChI is InChI=1S/C12H10O6S/c1-6(13)17-11(15)8-4-3-5-9(10(8)19)12(16)18-7(2)14/h3-5,19H,1-2H3. The highest BCUT2D eigenvalue weighted by atomic mass is 32.1. The van der Waals surface area contributed by atoms with Crippen LogP contribution in [-0.4, -0.2) is 23.9 Å². The van der Waals surface area contributed by atoms with Gasteiger partial charge in [-0.3, -0.25) is 9.59 Å². The Morgan fingerprint density at radius 1 is 0.895 bits per heavy atom. The summed E-state index contributed by atoms with van der Waals surface area (Å²) in [5.74, 6) is -3.44. The summed E-state index contributed by atoms with van der Waals surface area (Å²) in [6.07, 6.45) is 0. The van der Waals surface area contributed by atoms with E-state index in [4.69, 9.17) is 0 Å². The van der Waals surface area contributed by atoms with Crippen LogP contribution in [-0.2, 0) is 19.1 Å². The van der Waals surface area contributed by atoms with Crippen molar-refractivity contribution in [3.05, 3.63) is 29.3 Å². The molecule has 0 radical (unpaired) electrons. The van der Waals surface area contributed by atoms with Gasteiger partial charge >= 0.3 is 23.9 Å². The number of hydrogen-bond donors (Lipinski definition) is 1. The number of ether oxygens (including phenoxy) is 2. The molecule has 0 N–H and O–H groups in total. The Hall–Kier alpha value is -2.15. The minimum atomic E-state index is -0.935. The number of carbonyl (C=O) groups excluding carboxylic acids is 4. The monoisotopic (exact) mass is 282 g/mol. The molecule has 0 amide bonds. The van der Waals surface area contributed by atoms with Crippen molar-refractivity contribution >= 4 is 36.5 Å². The molecular formula is C12H10O6S. The Kier molecular flexibility index (Phi) is 4.82. The Balaban J connectivity index is 3.11. The van der Waals surface area contributed by atoms with Crippen LogP contribution in [0.25, 0.3) is 0 Å². The lowest BCUT2D eigenvalue weighted by Gasteiger charge is -2.07. The molecule has 0 spiro atoms. The summed E-state index contributed by atoms with van der Waals surface area (Å²) in [6, 6.07) is 4.05. The zero-order chi connectivity index (χ0) is 14.6. The van der Waals surface area contributed by atoms with Crippen LogP contribution in [0.5, 0.6) is 0 Å². The van der Waals surface area contributed by atoms with Crippen molar-refractivity contribution in [1.29, 1.82) is 0 Å². The largest absolute Gasteiger partial charge is 0.390 e. The maximum absolute atomic E-state index is 11.6. The normalized spacial score (nSPS) is 9.63. The van der Waals surface area contributed by atoms with Crippen LogP contribution in [0.15, 0.2) is 23.1 Å². The van der Waals surface area contributed by atoms with Gasteiger partial charge in [-0.25, -0.2) is 9.59 Å². The summed E-state index contributed by atoms with van der Waals surface area (Å²) in [5, 5.41) is 0. The summed E-state index contributed by atoms with van der Waals surface area (Å²) in [6.45, 7) is 2.15. The smallest absolute Gasteiger partial charge is 0.346 e. The van der Waals surface area contributed by atoms with Gasteiger partial charge < -0.3 is 9.47 Å². The molecule has 0 aliphatic carbocycles. The van der Waals surface area contributed by atoms with Gasteiger partial charge in [-0.15, -0.1) is 12.6 Å². The zero-order valence-corrected chi connectivity index (χ0v) is 11.0. The van der Waals surface area contributed by atoms with E-state index in [2.05, 4.69) is 22.1 Å². The van der Waals surface area contributed by atoms with Crippen LogP contribution in [0.1, 0.15) is 34.6 Å². The molecule has 0 saturated heterocycles. The van der Waals surface area contributed by atoms with Crippen molar-refractivity contribution < 1.29 is 28.7 Å². The first-order chi connectivity index (χ1) is 8.82. The quantitative estimate of drug-likeness (QED) is 0.501. The van der Waals surface area contributed by atoms with Gasteiger partial charge in [0.15, 0.2) is 0 Å². The predicted octanol–water partition coefficient (Wildman–Crippen LogP) is 1.38. The molecule has 19 heavy (non-hydrogen) atoms. The highest BCUT2D eigenvalue weighted by molar-refractivity contribution is 7.80. The van der Waals surface area contributed by atoms with Gasteiger partial charge in [0.1, 0.15) is 0 Å². The topological polar surface area (TPSA) is 86.7 Å². The van der Waals surface area contributed by atoms with E-state index in [1.54, 1.807) is 0 Å². The van der Waals surface area contributed by atoms with E-state index in [0.717, 1.165) is 13.8 Å². The average molecular weight is 282 g/mol. The first kappa shape index (κ1) is 14.9. The van der Waals surface area contributed by atoms with Crippen molar-refractivity contribution in [1.82, 2.24) is 0 Å². The van der Waals surface area contributed by atoms with Crippen molar-refractivity contribution in [2.24, 2.45) is 0 Å². The Labute approximate surface area is 114 Å². The van der Waals surface area contributed by atoms with Crippen molar-refractivity contribution in [3.63, 3.8) is 0 Å². The molecule has 100 valence electrons. The highest BCUT2D eigenvalue weighted by Crippen LogP contribution is 2.21. The second-order valence-electron chi connectivity index (χ2n) is 3.46. The summed E-state index contributed by atoms with van der Waals surface area (Å²) >= 11 is 4.01. The van der Waals surface area contributed by atoms with E-state index < -0.39 is 23.9 Å². The minimum Gasteiger partial charge on any atom is -0.390 e. The van der Waals surface area contributed by atoms with Gasteiger partial charge in [0.2, 0.25) is 0 Å². The summed E-state index contributed by atoms with van der Waals surface area (Å²) in [5.41, 5.74) is -0.145. The van der Waals surface area contributed by atoms with Crippen LogP contribution in [0, 0.1) is 0 Å². The first-order valence-corrected chi connectivity index (χ1v) is 5.55. The number of hydrogen-bond acceptors (Lipinski definition) is 7. The molecule has 0 aromatic heterocycles. The van der Waals surface area contributed by atoms with Crippen molar-refractivity contribution in [2.75, 3.05) is 0 Å². The third-order valence-corrected chi connectivity index (χ3v) is 2.43. The molecule has 0 heterocycles. The molecule has 0 atom stereocenters. The maximum Gasteiger partial charge on any atom is 0.346 e.